The third-order valence-electron chi connectivity index (χ3n) is 3.65. The van der Waals surface area contributed by atoms with Crippen molar-refractivity contribution in [3.05, 3.63) is 35.6 Å². The van der Waals surface area contributed by atoms with E-state index in [1.54, 1.807) is 0 Å². The highest BCUT2D eigenvalue weighted by atomic mass is 19.1. The van der Waals surface area contributed by atoms with E-state index >= 15 is 0 Å². The lowest BCUT2D eigenvalue weighted by Gasteiger charge is -2.47. The number of nitrogens with zero attached hydrogens (tertiary/aromatic N) is 1. The zero-order valence-corrected chi connectivity index (χ0v) is 9.19. The molecule has 2 fully saturated rings. The molecule has 1 saturated heterocycles. The Hall–Kier alpha value is -0.930. The zero-order chi connectivity index (χ0) is 11.2. The number of β-amino-alcohol motifs (C(OH)–C–C–N with tert-alkyl or cyclic N) is 1. The van der Waals surface area contributed by atoms with Crippen molar-refractivity contribution in [2.24, 2.45) is 5.92 Å². The Balaban J connectivity index is 1.55. The summed E-state index contributed by atoms with van der Waals surface area (Å²) in [5.74, 6) is 0.346. The first-order chi connectivity index (χ1) is 7.66. The lowest BCUT2D eigenvalue weighted by Crippen LogP contribution is -2.62. The molecule has 3 rings (SSSR count). The first kappa shape index (κ1) is 10.2. The van der Waals surface area contributed by atoms with Crippen molar-refractivity contribution in [3.8, 4) is 0 Å². The number of benzene rings is 1. The highest BCUT2D eigenvalue weighted by Crippen LogP contribution is 2.44. The van der Waals surface area contributed by atoms with Gasteiger partial charge >= 0.3 is 0 Å². The molecule has 1 aliphatic carbocycles. The summed E-state index contributed by atoms with van der Waals surface area (Å²) < 4.78 is 12.7. The molecule has 1 aromatic carbocycles. The Labute approximate surface area is 94.7 Å². The first-order valence-corrected chi connectivity index (χ1v) is 5.85. The number of hydrogen-bond acceptors (Lipinski definition) is 2. The van der Waals surface area contributed by atoms with Crippen LogP contribution in [0.1, 0.15) is 18.4 Å². The van der Waals surface area contributed by atoms with E-state index < -0.39 is 5.60 Å². The molecule has 0 bridgehead atoms. The highest BCUT2D eigenvalue weighted by molar-refractivity contribution is 5.17. The average molecular weight is 221 g/mol. The molecule has 3 heteroatoms. The van der Waals surface area contributed by atoms with Crippen molar-refractivity contribution in [2.75, 3.05) is 13.1 Å². The van der Waals surface area contributed by atoms with Crippen molar-refractivity contribution in [3.63, 3.8) is 0 Å². The lowest BCUT2D eigenvalue weighted by molar-refractivity contribution is -0.116. The number of hydrogen-bond donors (Lipinski definition) is 1. The summed E-state index contributed by atoms with van der Waals surface area (Å²) in [4.78, 5) is 2.21. The second-order valence-corrected chi connectivity index (χ2v) is 5.15. The van der Waals surface area contributed by atoms with Crippen LogP contribution < -0.4 is 0 Å². The van der Waals surface area contributed by atoms with Crippen molar-refractivity contribution < 1.29 is 9.50 Å². The topological polar surface area (TPSA) is 23.5 Å². The quantitative estimate of drug-likeness (QED) is 0.841. The molecule has 0 amide bonds. The number of aliphatic hydroxyl groups is 1. The summed E-state index contributed by atoms with van der Waals surface area (Å²) in [6, 6.07) is 6.60. The van der Waals surface area contributed by atoms with Gasteiger partial charge in [0, 0.05) is 19.6 Å². The maximum Gasteiger partial charge on any atom is 0.123 e. The molecule has 1 heterocycles. The van der Waals surface area contributed by atoms with Gasteiger partial charge in [-0.25, -0.2) is 4.39 Å². The summed E-state index contributed by atoms with van der Waals surface area (Å²) in [5.41, 5.74) is 0.694. The van der Waals surface area contributed by atoms with E-state index in [0.29, 0.717) is 5.92 Å². The van der Waals surface area contributed by atoms with Crippen LogP contribution in [-0.2, 0) is 6.54 Å². The summed E-state index contributed by atoms with van der Waals surface area (Å²) in [5, 5.41) is 10.1. The van der Waals surface area contributed by atoms with Crippen LogP contribution in [0.15, 0.2) is 24.3 Å². The monoisotopic (exact) mass is 221 g/mol. The van der Waals surface area contributed by atoms with Gasteiger partial charge in [-0.15, -0.1) is 0 Å². The van der Waals surface area contributed by atoms with Crippen LogP contribution >= 0.6 is 0 Å². The molecule has 0 aromatic heterocycles. The molecule has 1 aliphatic heterocycles. The van der Waals surface area contributed by atoms with Crippen molar-refractivity contribution in [1.82, 2.24) is 4.90 Å². The molecular weight excluding hydrogens is 205 g/mol. The summed E-state index contributed by atoms with van der Waals surface area (Å²) in [7, 11) is 0. The van der Waals surface area contributed by atoms with E-state index in [4.69, 9.17) is 0 Å². The van der Waals surface area contributed by atoms with Crippen molar-refractivity contribution >= 4 is 0 Å². The maximum atomic E-state index is 12.7. The van der Waals surface area contributed by atoms with E-state index in [2.05, 4.69) is 4.90 Å². The SMILES string of the molecule is OC1(C2CC2)CN(Cc2ccc(F)cc2)C1. The fourth-order valence-corrected chi connectivity index (χ4v) is 2.57. The predicted octanol–water partition coefficient (Wildman–Crippen LogP) is 1.78. The van der Waals surface area contributed by atoms with Crippen LogP contribution in [0.3, 0.4) is 0 Å². The minimum Gasteiger partial charge on any atom is -0.387 e. The molecule has 16 heavy (non-hydrogen) atoms. The largest absolute Gasteiger partial charge is 0.387 e. The summed E-state index contributed by atoms with van der Waals surface area (Å²) in [6.45, 7) is 2.36. The van der Waals surface area contributed by atoms with E-state index in [1.165, 1.54) is 25.0 Å². The molecule has 0 unspecified atom stereocenters. The molecule has 1 N–H and O–H groups in total. The second kappa shape index (κ2) is 3.54. The normalized spacial score (nSPS) is 24.1. The van der Waals surface area contributed by atoms with Gasteiger partial charge in [-0.2, -0.15) is 0 Å². The van der Waals surface area contributed by atoms with Gasteiger partial charge in [-0.05, 0) is 36.5 Å². The highest BCUT2D eigenvalue weighted by Gasteiger charge is 2.51. The van der Waals surface area contributed by atoms with Gasteiger partial charge in [-0.1, -0.05) is 12.1 Å². The van der Waals surface area contributed by atoms with Crippen LogP contribution in [0.5, 0.6) is 0 Å². The third-order valence-corrected chi connectivity index (χ3v) is 3.65. The fourth-order valence-electron chi connectivity index (χ4n) is 2.57. The first-order valence-electron chi connectivity index (χ1n) is 5.85. The Morgan fingerprint density at radius 2 is 1.88 bits per heavy atom. The molecule has 2 nitrogen and oxygen atoms in total. The second-order valence-electron chi connectivity index (χ2n) is 5.15. The van der Waals surface area contributed by atoms with Crippen molar-refractivity contribution in [2.45, 2.75) is 25.0 Å². The number of likely N-dealkylation sites (tertiary alicyclic amines) is 1. The summed E-state index contributed by atoms with van der Waals surface area (Å²) >= 11 is 0. The van der Waals surface area contributed by atoms with E-state index in [0.717, 1.165) is 25.2 Å². The van der Waals surface area contributed by atoms with Gasteiger partial charge in [0.15, 0.2) is 0 Å². The molecule has 2 aliphatic rings. The summed E-state index contributed by atoms with van der Waals surface area (Å²) in [6.07, 6.45) is 2.36. The van der Waals surface area contributed by atoms with Gasteiger partial charge in [0.05, 0.1) is 5.60 Å². The Morgan fingerprint density at radius 1 is 1.25 bits per heavy atom. The van der Waals surface area contributed by atoms with Crippen LogP contribution in [0.2, 0.25) is 0 Å². The molecule has 0 atom stereocenters. The number of rotatable bonds is 3. The molecule has 1 aromatic rings. The average Bonchev–Trinajstić information content (AvgIpc) is 3.02. The fraction of sp³-hybridized carbons (Fsp3) is 0.538. The Kier molecular flexibility index (Phi) is 2.26. The van der Waals surface area contributed by atoms with Crippen LogP contribution in [0, 0.1) is 11.7 Å². The van der Waals surface area contributed by atoms with Gasteiger partial charge in [0.1, 0.15) is 5.82 Å². The van der Waals surface area contributed by atoms with E-state index in [9.17, 15) is 9.50 Å². The lowest BCUT2D eigenvalue weighted by atomic mass is 9.88. The Bertz CT molecular complexity index is 379. The minimum atomic E-state index is -0.417. The van der Waals surface area contributed by atoms with Crippen LogP contribution in [-0.4, -0.2) is 28.7 Å². The molecule has 0 radical (unpaired) electrons. The molecular formula is C13H16FNO. The molecule has 86 valence electrons. The van der Waals surface area contributed by atoms with Crippen molar-refractivity contribution in [1.29, 1.82) is 0 Å². The molecule has 1 saturated carbocycles. The Morgan fingerprint density at radius 3 is 2.44 bits per heavy atom. The predicted molar refractivity (Wildman–Crippen MR) is 59.4 cm³/mol. The van der Waals surface area contributed by atoms with E-state index in [1.807, 2.05) is 12.1 Å². The van der Waals surface area contributed by atoms with Crippen LogP contribution in [0.4, 0.5) is 4.39 Å². The van der Waals surface area contributed by atoms with E-state index in [-0.39, 0.29) is 5.82 Å². The molecule has 0 spiro atoms. The minimum absolute atomic E-state index is 0.193. The van der Waals surface area contributed by atoms with Crippen LogP contribution in [0.25, 0.3) is 0 Å². The maximum absolute atomic E-state index is 12.7. The third kappa shape index (κ3) is 1.85. The smallest absolute Gasteiger partial charge is 0.123 e. The van der Waals surface area contributed by atoms with Gasteiger partial charge in [0.2, 0.25) is 0 Å². The zero-order valence-electron chi connectivity index (χ0n) is 9.19. The number of halogens is 1. The standard InChI is InChI=1S/C13H16FNO/c14-12-5-1-10(2-6-12)7-15-8-13(16,9-15)11-3-4-11/h1-2,5-6,11,16H,3-4,7-9H2. The van der Waals surface area contributed by atoms with Gasteiger partial charge < -0.3 is 5.11 Å². The van der Waals surface area contributed by atoms with Gasteiger partial charge in [0.25, 0.3) is 0 Å². The van der Waals surface area contributed by atoms with Gasteiger partial charge in [-0.3, -0.25) is 4.90 Å².